The van der Waals surface area contributed by atoms with Crippen molar-refractivity contribution in [2.75, 3.05) is 0 Å². The summed E-state index contributed by atoms with van der Waals surface area (Å²) < 4.78 is 2.91. The molecule has 0 radical (unpaired) electrons. The third kappa shape index (κ3) is 2.32. The van der Waals surface area contributed by atoms with Crippen LogP contribution < -0.4 is 5.73 Å². The molecule has 0 atom stereocenters. The summed E-state index contributed by atoms with van der Waals surface area (Å²) in [5, 5.41) is 0. The summed E-state index contributed by atoms with van der Waals surface area (Å²) in [4.78, 5) is 11.6. The molecule has 100 valence electrons. The van der Waals surface area contributed by atoms with E-state index < -0.39 is 5.91 Å². The zero-order chi connectivity index (χ0) is 14.2. The SMILES string of the molecule is Cc1c(C(N)=O)c(Br)c(-c2ccccc2)n1C(C)C. The second-order valence-electron chi connectivity index (χ2n) is 4.82. The maximum atomic E-state index is 11.6. The third-order valence-corrected chi connectivity index (χ3v) is 3.97. The number of primary amides is 1. The van der Waals surface area contributed by atoms with E-state index in [4.69, 9.17) is 5.73 Å². The van der Waals surface area contributed by atoms with Crippen LogP contribution in [-0.4, -0.2) is 10.5 Å². The van der Waals surface area contributed by atoms with Crippen LogP contribution in [0.15, 0.2) is 34.8 Å². The van der Waals surface area contributed by atoms with Crippen LogP contribution in [0.4, 0.5) is 0 Å². The highest BCUT2D eigenvalue weighted by Gasteiger charge is 2.24. The summed E-state index contributed by atoms with van der Waals surface area (Å²) in [6.45, 7) is 6.12. The molecular weight excluding hydrogens is 304 g/mol. The molecule has 0 aliphatic rings. The maximum absolute atomic E-state index is 11.6. The molecule has 0 fully saturated rings. The fourth-order valence-electron chi connectivity index (χ4n) is 2.46. The Labute approximate surface area is 121 Å². The summed E-state index contributed by atoms with van der Waals surface area (Å²) in [5.41, 5.74) is 9.02. The normalized spacial score (nSPS) is 11.0. The predicted octanol–water partition coefficient (Wildman–Crippen LogP) is 3.91. The topological polar surface area (TPSA) is 48.0 Å². The zero-order valence-electron chi connectivity index (χ0n) is 11.3. The van der Waals surface area contributed by atoms with Crippen LogP contribution in [0, 0.1) is 6.92 Å². The van der Waals surface area contributed by atoms with Gasteiger partial charge in [-0.1, -0.05) is 30.3 Å². The summed E-state index contributed by atoms with van der Waals surface area (Å²) in [5.74, 6) is -0.402. The van der Waals surface area contributed by atoms with Crippen LogP contribution in [0.1, 0.15) is 35.9 Å². The molecule has 1 heterocycles. The van der Waals surface area contributed by atoms with Crippen molar-refractivity contribution in [2.45, 2.75) is 26.8 Å². The molecule has 2 aromatic rings. The number of amides is 1. The fraction of sp³-hybridized carbons (Fsp3) is 0.267. The van der Waals surface area contributed by atoms with Crippen LogP contribution in [-0.2, 0) is 0 Å². The smallest absolute Gasteiger partial charge is 0.251 e. The van der Waals surface area contributed by atoms with Gasteiger partial charge in [0.2, 0.25) is 0 Å². The van der Waals surface area contributed by atoms with E-state index in [9.17, 15) is 4.79 Å². The number of hydrogen-bond donors (Lipinski definition) is 1. The fourth-order valence-corrected chi connectivity index (χ4v) is 3.37. The Hall–Kier alpha value is -1.55. The Morgan fingerprint density at radius 2 is 1.84 bits per heavy atom. The van der Waals surface area contributed by atoms with Crippen LogP contribution in [0.3, 0.4) is 0 Å². The van der Waals surface area contributed by atoms with E-state index >= 15 is 0 Å². The molecule has 1 aromatic heterocycles. The average Bonchev–Trinajstić information content (AvgIpc) is 2.61. The van der Waals surface area contributed by atoms with Gasteiger partial charge in [0.1, 0.15) is 0 Å². The van der Waals surface area contributed by atoms with Gasteiger partial charge in [0.25, 0.3) is 5.91 Å². The molecule has 1 aromatic carbocycles. The molecule has 2 rings (SSSR count). The van der Waals surface area contributed by atoms with Crippen molar-refractivity contribution in [3.8, 4) is 11.3 Å². The van der Waals surface area contributed by atoms with E-state index in [1.165, 1.54) is 0 Å². The number of nitrogens with zero attached hydrogens (tertiary/aromatic N) is 1. The lowest BCUT2D eigenvalue weighted by Gasteiger charge is -2.16. The summed E-state index contributed by atoms with van der Waals surface area (Å²) in [6.07, 6.45) is 0. The maximum Gasteiger partial charge on any atom is 0.251 e. The Bertz CT molecular complexity index is 615. The van der Waals surface area contributed by atoms with Gasteiger partial charge in [0.15, 0.2) is 0 Å². The lowest BCUT2D eigenvalue weighted by molar-refractivity contribution is 0.0999. The molecule has 4 heteroatoms. The van der Waals surface area contributed by atoms with E-state index in [1.807, 2.05) is 37.3 Å². The summed E-state index contributed by atoms with van der Waals surface area (Å²) in [6, 6.07) is 10.3. The van der Waals surface area contributed by atoms with Gasteiger partial charge in [0.05, 0.1) is 15.7 Å². The monoisotopic (exact) mass is 320 g/mol. The lowest BCUT2D eigenvalue weighted by Crippen LogP contribution is -2.13. The standard InChI is InChI=1S/C15H17BrN2O/c1-9(2)18-10(3)12(15(17)19)13(16)14(18)11-7-5-4-6-8-11/h4-9H,1-3H3,(H2,17,19). The minimum absolute atomic E-state index is 0.250. The molecule has 2 N–H and O–H groups in total. The van der Waals surface area contributed by atoms with Gasteiger partial charge in [-0.25, -0.2) is 0 Å². The van der Waals surface area contributed by atoms with Crippen molar-refractivity contribution < 1.29 is 4.79 Å². The molecule has 0 spiro atoms. The number of benzene rings is 1. The van der Waals surface area contributed by atoms with E-state index in [0.717, 1.165) is 21.4 Å². The molecule has 1 amide bonds. The molecule has 0 unspecified atom stereocenters. The quantitative estimate of drug-likeness (QED) is 0.915. The first-order valence-electron chi connectivity index (χ1n) is 6.20. The summed E-state index contributed by atoms with van der Waals surface area (Å²) >= 11 is 3.54. The van der Waals surface area contributed by atoms with Gasteiger partial charge in [-0.3, -0.25) is 4.79 Å². The largest absolute Gasteiger partial charge is 0.366 e. The number of nitrogens with two attached hydrogens (primary N) is 1. The first kappa shape index (κ1) is 13.9. The molecule has 0 bridgehead atoms. The van der Waals surface area contributed by atoms with Crippen molar-refractivity contribution in [1.82, 2.24) is 4.57 Å². The number of carbonyl (C=O) groups is 1. The highest BCUT2D eigenvalue weighted by molar-refractivity contribution is 9.10. The number of halogens is 1. The number of hydrogen-bond acceptors (Lipinski definition) is 1. The Balaban J connectivity index is 2.80. The first-order valence-corrected chi connectivity index (χ1v) is 7.00. The Kier molecular flexibility index (Phi) is 3.80. The number of carbonyl (C=O) groups excluding carboxylic acids is 1. The minimum atomic E-state index is -0.402. The van der Waals surface area contributed by atoms with Gasteiger partial charge in [-0.05, 0) is 42.3 Å². The molecule has 0 saturated carbocycles. The predicted molar refractivity (Wildman–Crippen MR) is 81.2 cm³/mol. The third-order valence-electron chi connectivity index (χ3n) is 3.20. The van der Waals surface area contributed by atoms with Crippen molar-refractivity contribution in [3.63, 3.8) is 0 Å². The van der Waals surface area contributed by atoms with Crippen LogP contribution in [0.25, 0.3) is 11.3 Å². The van der Waals surface area contributed by atoms with Gasteiger partial charge in [-0.15, -0.1) is 0 Å². The molecule has 3 nitrogen and oxygen atoms in total. The molecule has 0 saturated heterocycles. The molecule has 0 aliphatic heterocycles. The Morgan fingerprint density at radius 3 is 2.32 bits per heavy atom. The zero-order valence-corrected chi connectivity index (χ0v) is 12.9. The summed E-state index contributed by atoms with van der Waals surface area (Å²) in [7, 11) is 0. The molecular formula is C15H17BrN2O. The van der Waals surface area contributed by atoms with Gasteiger partial charge in [0, 0.05) is 11.7 Å². The van der Waals surface area contributed by atoms with E-state index in [1.54, 1.807) is 0 Å². The van der Waals surface area contributed by atoms with E-state index in [0.29, 0.717) is 5.56 Å². The van der Waals surface area contributed by atoms with Gasteiger partial charge >= 0.3 is 0 Å². The van der Waals surface area contributed by atoms with Gasteiger partial charge in [-0.2, -0.15) is 0 Å². The second kappa shape index (κ2) is 5.21. The second-order valence-corrected chi connectivity index (χ2v) is 5.61. The van der Waals surface area contributed by atoms with Gasteiger partial charge < -0.3 is 10.3 Å². The average molecular weight is 321 g/mol. The van der Waals surface area contributed by atoms with Crippen molar-refractivity contribution in [3.05, 3.63) is 46.1 Å². The van der Waals surface area contributed by atoms with Crippen LogP contribution >= 0.6 is 15.9 Å². The minimum Gasteiger partial charge on any atom is -0.366 e. The van der Waals surface area contributed by atoms with E-state index in [-0.39, 0.29) is 6.04 Å². The Morgan fingerprint density at radius 1 is 1.26 bits per heavy atom. The van der Waals surface area contributed by atoms with Crippen molar-refractivity contribution >= 4 is 21.8 Å². The first-order chi connectivity index (χ1) is 8.95. The number of rotatable bonds is 3. The molecule has 0 aliphatic carbocycles. The highest BCUT2D eigenvalue weighted by atomic mass is 79.9. The van der Waals surface area contributed by atoms with Crippen molar-refractivity contribution in [2.24, 2.45) is 5.73 Å². The van der Waals surface area contributed by atoms with Crippen LogP contribution in [0.5, 0.6) is 0 Å². The molecule has 19 heavy (non-hydrogen) atoms. The van der Waals surface area contributed by atoms with Crippen LogP contribution in [0.2, 0.25) is 0 Å². The number of aromatic nitrogens is 1. The lowest BCUT2D eigenvalue weighted by atomic mass is 10.1. The van der Waals surface area contributed by atoms with Crippen molar-refractivity contribution in [1.29, 1.82) is 0 Å². The highest BCUT2D eigenvalue weighted by Crippen LogP contribution is 2.37. The van der Waals surface area contributed by atoms with E-state index in [2.05, 4.69) is 34.3 Å².